The van der Waals surface area contributed by atoms with Gasteiger partial charge in [0.05, 0.1) is 19.8 Å². The Labute approximate surface area is 351 Å². The number of esters is 3. The van der Waals surface area contributed by atoms with Gasteiger partial charge < -0.3 is 87.5 Å². The van der Waals surface area contributed by atoms with Crippen LogP contribution in [0.1, 0.15) is 27.7 Å². The number of aromatic hydroxyl groups is 1. The number of hydrogen-bond donors (Lipinski definition) is 7. The highest BCUT2D eigenvalue weighted by atomic mass is 16.8. The molecule has 15 atom stereocenters. The first-order valence-corrected chi connectivity index (χ1v) is 19.3. The number of carbonyl (C=O) groups is 3. The third-order valence-corrected chi connectivity index (χ3v) is 10.2. The molecule has 0 unspecified atom stereocenters. The van der Waals surface area contributed by atoms with Crippen molar-refractivity contribution in [3.05, 3.63) is 52.7 Å². The first-order valence-electron chi connectivity index (χ1n) is 19.3. The lowest BCUT2D eigenvalue weighted by molar-refractivity contribution is -0.363. The molecule has 7 N–H and O–H groups in total. The maximum absolute atomic E-state index is 13.2. The number of aliphatic hydroxyl groups excluding tert-OH is 6. The number of carbonyl (C=O) groups excluding carboxylic acids is 3. The van der Waals surface area contributed by atoms with Crippen LogP contribution in [-0.2, 0) is 52.3 Å². The van der Waals surface area contributed by atoms with Gasteiger partial charge in [-0.25, -0.2) is 0 Å². The van der Waals surface area contributed by atoms with Crippen molar-refractivity contribution in [2.45, 2.75) is 120 Å². The second kappa shape index (κ2) is 19.6. The van der Waals surface area contributed by atoms with Gasteiger partial charge in [-0.3, -0.25) is 19.2 Å². The van der Waals surface area contributed by atoms with E-state index < -0.39 is 134 Å². The number of ether oxygens (including phenoxy) is 10. The number of hydrogen-bond acceptors (Lipinski definition) is 22. The van der Waals surface area contributed by atoms with Crippen LogP contribution in [0.4, 0.5) is 0 Å². The molecule has 22 heteroatoms. The van der Waals surface area contributed by atoms with E-state index in [2.05, 4.69) is 0 Å². The van der Waals surface area contributed by atoms with Crippen LogP contribution in [0.15, 0.2) is 51.7 Å². The van der Waals surface area contributed by atoms with Crippen LogP contribution >= 0.6 is 0 Å². The van der Waals surface area contributed by atoms with Crippen molar-refractivity contribution >= 4 is 28.9 Å². The number of phenolic OH excluding ortho intramolecular Hbond substituents is 1. The first-order chi connectivity index (χ1) is 29.4. The average Bonchev–Trinajstić information content (AvgIpc) is 3.21. The molecule has 340 valence electrons. The van der Waals surface area contributed by atoms with E-state index in [1.807, 2.05) is 0 Å². The van der Waals surface area contributed by atoms with Crippen LogP contribution in [-0.4, -0.2) is 166 Å². The van der Waals surface area contributed by atoms with Gasteiger partial charge in [0, 0.05) is 44.5 Å². The van der Waals surface area contributed by atoms with E-state index in [0.29, 0.717) is 11.3 Å². The molecule has 3 aliphatic rings. The Hall–Kier alpha value is -4.98. The third-order valence-electron chi connectivity index (χ3n) is 10.2. The molecule has 0 bridgehead atoms. The molecule has 6 rings (SSSR count). The minimum Gasteiger partial charge on any atom is -0.507 e. The zero-order valence-corrected chi connectivity index (χ0v) is 33.9. The van der Waals surface area contributed by atoms with Crippen molar-refractivity contribution in [1.82, 2.24) is 0 Å². The number of fused-ring (bicyclic) bond motifs is 1. The standard InChI is InChI=1S/C40H48O22/c1-15-35(56-17(3)42)32(49)33(50)38(55-15)54-14-26-29(46)31(48)37(62-39-34(51)36(57-18(4)43)30(47)27(60-39)13-53-16(2)41)40(61-26)58-21-10-22(44)28-23(45)12-24(59-25(28)11-21)19-6-8-20(52-5)9-7-19/h6-12,15,26-27,29-40,44,46-51H,13-14H2,1-5H3/t15-,26+,27+,29+,30+,31-,32-,33+,34+,35-,36-,37+,38+,39-,40+/m0/s1. The predicted octanol–water partition coefficient (Wildman–Crippen LogP) is -1.26. The van der Waals surface area contributed by atoms with Gasteiger partial charge in [-0.1, -0.05) is 0 Å². The molecule has 0 radical (unpaired) electrons. The van der Waals surface area contributed by atoms with Crippen molar-refractivity contribution in [2.75, 3.05) is 20.3 Å². The number of phenols is 1. The molecule has 0 spiro atoms. The summed E-state index contributed by atoms with van der Waals surface area (Å²) in [5.41, 5.74) is -0.299. The smallest absolute Gasteiger partial charge is 0.303 e. The maximum Gasteiger partial charge on any atom is 0.303 e. The summed E-state index contributed by atoms with van der Waals surface area (Å²) in [7, 11) is 1.48. The maximum atomic E-state index is 13.2. The van der Waals surface area contributed by atoms with E-state index in [9.17, 15) is 54.9 Å². The molecule has 62 heavy (non-hydrogen) atoms. The summed E-state index contributed by atoms with van der Waals surface area (Å²) >= 11 is 0. The Morgan fingerprint density at radius 2 is 1.29 bits per heavy atom. The Morgan fingerprint density at radius 3 is 1.94 bits per heavy atom. The van der Waals surface area contributed by atoms with E-state index in [0.717, 1.165) is 26.8 Å². The van der Waals surface area contributed by atoms with Gasteiger partial charge in [0.15, 0.2) is 36.3 Å². The van der Waals surface area contributed by atoms with E-state index >= 15 is 0 Å². The van der Waals surface area contributed by atoms with E-state index in [-0.39, 0.29) is 22.5 Å². The van der Waals surface area contributed by atoms with Gasteiger partial charge in [0.2, 0.25) is 6.29 Å². The molecule has 3 saturated heterocycles. The minimum absolute atomic E-state index is 0.106. The first kappa shape index (κ1) is 46.5. The molecule has 0 aliphatic carbocycles. The largest absolute Gasteiger partial charge is 0.507 e. The molecular weight excluding hydrogens is 832 g/mol. The van der Waals surface area contributed by atoms with Crippen LogP contribution in [0, 0.1) is 0 Å². The Balaban J connectivity index is 1.31. The van der Waals surface area contributed by atoms with Crippen LogP contribution in [0.25, 0.3) is 22.3 Å². The summed E-state index contributed by atoms with van der Waals surface area (Å²) in [6, 6.07) is 9.97. The van der Waals surface area contributed by atoms with Crippen LogP contribution < -0.4 is 14.9 Å². The number of aliphatic hydroxyl groups is 6. The fraction of sp³-hybridized carbons (Fsp3) is 0.550. The SMILES string of the molecule is COc1ccc(-c2cc(=O)c3c(O)cc(O[C@@H]4O[C@H](CO[C@@H]5O[C@@H](C)[C@H](OC(C)=O)[C@@H](O)[C@H]5O)[C@@H](O)[C@H](O)[C@H]4O[C@@H]4O[C@H](COC(C)=O)[C@@H](O)[C@H](OC(C)=O)[C@H]4O)cc3o2)cc1. The molecule has 3 fully saturated rings. The topological polar surface area (TPSA) is 315 Å². The molecular formula is C40H48O22. The summed E-state index contributed by atoms with van der Waals surface area (Å²) in [5.74, 6) is -2.63. The Morgan fingerprint density at radius 1 is 0.661 bits per heavy atom. The van der Waals surface area contributed by atoms with Gasteiger partial charge in [-0.05, 0) is 31.2 Å². The monoisotopic (exact) mass is 880 g/mol. The molecule has 22 nitrogen and oxygen atoms in total. The summed E-state index contributed by atoms with van der Waals surface area (Å²) in [6.45, 7) is 3.38. The molecule has 0 amide bonds. The highest BCUT2D eigenvalue weighted by Gasteiger charge is 2.54. The lowest BCUT2D eigenvalue weighted by Crippen LogP contribution is -2.66. The fourth-order valence-corrected chi connectivity index (χ4v) is 7.15. The number of rotatable bonds is 13. The van der Waals surface area contributed by atoms with Gasteiger partial charge in [0.25, 0.3) is 0 Å². The van der Waals surface area contributed by atoms with Crippen LogP contribution in [0.3, 0.4) is 0 Å². The second-order valence-corrected chi connectivity index (χ2v) is 14.8. The van der Waals surface area contributed by atoms with Gasteiger partial charge in [-0.2, -0.15) is 0 Å². The highest BCUT2D eigenvalue weighted by molar-refractivity contribution is 5.86. The van der Waals surface area contributed by atoms with E-state index in [4.69, 9.17) is 51.8 Å². The molecule has 1 aromatic heterocycles. The minimum atomic E-state index is -2.02. The van der Waals surface area contributed by atoms with Crippen molar-refractivity contribution in [3.8, 4) is 28.6 Å². The summed E-state index contributed by atoms with van der Waals surface area (Å²) in [6.07, 6.45) is -25.3. The number of methoxy groups -OCH3 is 1. The van der Waals surface area contributed by atoms with Crippen LogP contribution in [0.2, 0.25) is 0 Å². The lowest BCUT2D eigenvalue weighted by atomic mass is 9.97. The van der Waals surface area contributed by atoms with E-state index in [1.165, 1.54) is 26.2 Å². The fourth-order valence-electron chi connectivity index (χ4n) is 7.15. The van der Waals surface area contributed by atoms with Gasteiger partial charge in [0.1, 0.15) is 89.4 Å². The quantitative estimate of drug-likeness (QED) is 0.0778. The highest BCUT2D eigenvalue weighted by Crippen LogP contribution is 2.36. The lowest BCUT2D eigenvalue weighted by Gasteiger charge is -2.47. The van der Waals surface area contributed by atoms with Crippen molar-refractivity contribution in [2.24, 2.45) is 0 Å². The van der Waals surface area contributed by atoms with Gasteiger partial charge in [-0.15, -0.1) is 0 Å². The van der Waals surface area contributed by atoms with E-state index in [1.54, 1.807) is 24.3 Å². The molecule has 3 aliphatic heterocycles. The summed E-state index contributed by atoms with van der Waals surface area (Å²) in [5, 5.41) is 77.3. The summed E-state index contributed by atoms with van der Waals surface area (Å²) < 4.78 is 61.5. The average molecular weight is 881 g/mol. The number of benzene rings is 2. The second-order valence-electron chi connectivity index (χ2n) is 14.8. The predicted molar refractivity (Wildman–Crippen MR) is 203 cm³/mol. The van der Waals surface area contributed by atoms with Gasteiger partial charge >= 0.3 is 17.9 Å². The summed E-state index contributed by atoms with van der Waals surface area (Å²) in [4.78, 5) is 48.4. The van der Waals surface area contributed by atoms with Crippen molar-refractivity contribution in [1.29, 1.82) is 0 Å². The Kier molecular flexibility index (Phi) is 14.7. The third kappa shape index (κ3) is 10.3. The molecule has 3 aromatic rings. The van der Waals surface area contributed by atoms with Crippen molar-refractivity contribution in [3.63, 3.8) is 0 Å². The van der Waals surface area contributed by atoms with Crippen LogP contribution in [0.5, 0.6) is 17.2 Å². The Bertz CT molecular complexity index is 2110. The molecule has 2 aromatic carbocycles. The molecule has 4 heterocycles. The normalized spacial score (nSPS) is 33.6. The molecule has 0 saturated carbocycles. The zero-order valence-electron chi connectivity index (χ0n) is 33.9. The zero-order chi connectivity index (χ0) is 45.2. The van der Waals surface area contributed by atoms with Crippen molar-refractivity contribution < 1.29 is 102 Å².